The number of hydrogen-bond donors (Lipinski definition) is 2. The average molecular weight is 420 g/mol. The highest BCUT2D eigenvalue weighted by molar-refractivity contribution is 14.1. The minimum Gasteiger partial charge on any atom is -0.394 e. The summed E-state index contributed by atoms with van der Waals surface area (Å²) in [4.78, 5) is 26.9. The summed E-state index contributed by atoms with van der Waals surface area (Å²) in [6.07, 6.45) is 0. The van der Waals surface area contributed by atoms with Crippen molar-refractivity contribution in [1.29, 1.82) is 0 Å². The lowest BCUT2D eigenvalue weighted by atomic mass is 10.4. The molecule has 0 amide bonds. The summed E-state index contributed by atoms with van der Waals surface area (Å²) in [5.41, 5.74) is -0.950. The Morgan fingerprint density at radius 1 is 1.29 bits per heavy atom. The van der Waals surface area contributed by atoms with Crippen molar-refractivity contribution >= 4 is 34.4 Å². The molecule has 0 spiro atoms. The smallest absolute Gasteiger partial charge is 0.331 e. The molecule has 21 heavy (non-hydrogen) atoms. The van der Waals surface area contributed by atoms with Crippen LogP contribution in [0.1, 0.15) is 0 Å². The van der Waals surface area contributed by atoms with Gasteiger partial charge < -0.3 is 9.84 Å². The van der Waals surface area contributed by atoms with Gasteiger partial charge >= 0.3 is 5.69 Å². The standard InChI is InChI=1S/C13H13IN2O4S/c14-10-11(18)15-13(19)16(8-20-7-6-17)12(10)21-9-4-2-1-3-5-9/h1-5,17H,6-8H2,(H,15,18,19). The Morgan fingerprint density at radius 3 is 2.67 bits per heavy atom. The highest BCUT2D eigenvalue weighted by Gasteiger charge is 2.14. The number of aromatic amines is 1. The number of nitrogens with one attached hydrogen (secondary N) is 1. The molecule has 8 heteroatoms. The first-order valence-corrected chi connectivity index (χ1v) is 7.97. The molecule has 0 radical (unpaired) electrons. The number of hydrogen-bond acceptors (Lipinski definition) is 5. The predicted octanol–water partition coefficient (Wildman–Crippen LogP) is 1.26. The van der Waals surface area contributed by atoms with Crippen LogP contribution in [-0.4, -0.2) is 27.9 Å². The van der Waals surface area contributed by atoms with Crippen LogP contribution in [0.5, 0.6) is 0 Å². The Labute approximate surface area is 138 Å². The van der Waals surface area contributed by atoms with Crippen molar-refractivity contribution in [3.05, 3.63) is 54.7 Å². The number of aliphatic hydroxyl groups is 1. The quantitative estimate of drug-likeness (QED) is 0.418. The first kappa shape index (κ1) is 16.3. The maximum absolute atomic E-state index is 11.9. The van der Waals surface area contributed by atoms with Crippen LogP contribution < -0.4 is 11.2 Å². The molecule has 0 aliphatic heterocycles. The van der Waals surface area contributed by atoms with Gasteiger partial charge in [-0.1, -0.05) is 30.0 Å². The molecule has 6 nitrogen and oxygen atoms in total. The van der Waals surface area contributed by atoms with Gasteiger partial charge in [-0.2, -0.15) is 0 Å². The maximum Gasteiger partial charge on any atom is 0.331 e. The third-order valence-corrected chi connectivity index (χ3v) is 5.00. The molecule has 0 aliphatic carbocycles. The molecular weight excluding hydrogens is 407 g/mol. The van der Waals surface area contributed by atoms with Gasteiger partial charge in [0.15, 0.2) is 0 Å². The van der Waals surface area contributed by atoms with Crippen molar-refractivity contribution in [2.75, 3.05) is 13.2 Å². The van der Waals surface area contributed by atoms with Crippen LogP contribution in [0.25, 0.3) is 0 Å². The highest BCUT2D eigenvalue weighted by atomic mass is 127. The molecule has 0 unspecified atom stereocenters. The van der Waals surface area contributed by atoms with Gasteiger partial charge in [-0.15, -0.1) is 0 Å². The molecule has 2 aromatic rings. The second-order valence-corrected chi connectivity index (χ2v) is 6.12. The molecule has 0 saturated heterocycles. The molecule has 0 bridgehead atoms. The predicted molar refractivity (Wildman–Crippen MR) is 87.6 cm³/mol. The van der Waals surface area contributed by atoms with E-state index in [1.807, 2.05) is 52.9 Å². The zero-order valence-corrected chi connectivity index (χ0v) is 13.9. The van der Waals surface area contributed by atoms with E-state index >= 15 is 0 Å². The molecule has 0 fully saturated rings. The second-order valence-electron chi connectivity index (χ2n) is 3.98. The number of H-pyrrole nitrogens is 1. The fourth-order valence-electron chi connectivity index (χ4n) is 1.57. The summed E-state index contributed by atoms with van der Waals surface area (Å²) in [5.74, 6) is 0. The van der Waals surface area contributed by atoms with Crippen molar-refractivity contribution in [1.82, 2.24) is 9.55 Å². The molecule has 112 valence electrons. The SMILES string of the molecule is O=c1[nH]c(=O)n(COCCO)c(Sc2ccccc2)c1I. The first-order valence-electron chi connectivity index (χ1n) is 6.07. The summed E-state index contributed by atoms with van der Waals surface area (Å²) < 4.78 is 6.97. The lowest BCUT2D eigenvalue weighted by molar-refractivity contribution is 0.0411. The van der Waals surface area contributed by atoms with Crippen LogP contribution in [0.3, 0.4) is 0 Å². The van der Waals surface area contributed by atoms with Crippen molar-refractivity contribution in [2.45, 2.75) is 16.7 Å². The van der Waals surface area contributed by atoms with Crippen molar-refractivity contribution in [3.63, 3.8) is 0 Å². The maximum atomic E-state index is 11.9. The van der Waals surface area contributed by atoms with Crippen molar-refractivity contribution in [3.8, 4) is 0 Å². The molecule has 2 N–H and O–H groups in total. The Hall–Kier alpha value is -1.10. The Balaban J connectivity index is 2.41. The van der Waals surface area contributed by atoms with E-state index in [9.17, 15) is 9.59 Å². The van der Waals surface area contributed by atoms with Gasteiger partial charge in [0.1, 0.15) is 15.3 Å². The van der Waals surface area contributed by atoms with E-state index in [0.717, 1.165) is 4.90 Å². The Kier molecular flexibility index (Phi) is 6.03. The third-order valence-electron chi connectivity index (χ3n) is 2.51. The molecule has 1 aromatic carbocycles. The summed E-state index contributed by atoms with van der Waals surface area (Å²) in [6.45, 7) is -0.0325. The zero-order chi connectivity index (χ0) is 15.2. The summed E-state index contributed by atoms with van der Waals surface area (Å²) >= 11 is 3.23. The van der Waals surface area contributed by atoms with E-state index in [0.29, 0.717) is 8.60 Å². The zero-order valence-electron chi connectivity index (χ0n) is 10.9. The largest absolute Gasteiger partial charge is 0.394 e. The van der Waals surface area contributed by atoms with Crippen LogP contribution in [0, 0.1) is 3.57 Å². The van der Waals surface area contributed by atoms with E-state index in [-0.39, 0.29) is 19.9 Å². The monoisotopic (exact) mass is 420 g/mol. The number of ether oxygens (including phenoxy) is 1. The highest BCUT2D eigenvalue weighted by Crippen LogP contribution is 2.28. The van der Waals surface area contributed by atoms with Gasteiger partial charge in [0, 0.05) is 4.90 Å². The van der Waals surface area contributed by atoms with Crippen LogP contribution >= 0.6 is 34.4 Å². The van der Waals surface area contributed by atoms with Crippen LogP contribution in [-0.2, 0) is 11.5 Å². The minimum atomic E-state index is -0.531. The van der Waals surface area contributed by atoms with Crippen LogP contribution in [0.15, 0.2) is 49.8 Å². The van der Waals surface area contributed by atoms with Crippen molar-refractivity contribution < 1.29 is 9.84 Å². The van der Waals surface area contributed by atoms with Gasteiger partial charge in [0.05, 0.1) is 13.2 Å². The van der Waals surface area contributed by atoms with E-state index in [1.54, 1.807) is 0 Å². The number of aromatic nitrogens is 2. The molecule has 0 saturated carbocycles. The molecule has 0 aliphatic rings. The Morgan fingerprint density at radius 2 is 2.00 bits per heavy atom. The first-order chi connectivity index (χ1) is 10.1. The number of nitrogens with zero attached hydrogens (tertiary/aromatic N) is 1. The Bertz CT molecular complexity index is 714. The summed E-state index contributed by atoms with van der Waals surface area (Å²) in [7, 11) is 0. The second kappa shape index (κ2) is 7.78. The summed E-state index contributed by atoms with van der Waals surface area (Å²) in [5, 5.41) is 9.26. The van der Waals surface area contributed by atoms with Crippen molar-refractivity contribution in [2.24, 2.45) is 0 Å². The number of rotatable bonds is 6. The molecule has 1 heterocycles. The van der Waals surface area contributed by atoms with Gasteiger partial charge in [0.25, 0.3) is 5.56 Å². The number of aliphatic hydroxyl groups excluding tert-OH is 1. The van der Waals surface area contributed by atoms with E-state index < -0.39 is 11.2 Å². The normalized spacial score (nSPS) is 10.8. The number of benzene rings is 1. The molecule has 0 atom stereocenters. The molecular formula is C13H13IN2O4S. The van der Waals surface area contributed by atoms with E-state index in [2.05, 4.69) is 4.98 Å². The fraction of sp³-hybridized carbons (Fsp3) is 0.231. The lowest BCUT2D eigenvalue weighted by Gasteiger charge is -2.13. The molecule has 2 rings (SSSR count). The molecule has 1 aromatic heterocycles. The van der Waals surface area contributed by atoms with Gasteiger partial charge in [-0.05, 0) is 34.7 Å². The fourth-order valence-corrected chi connectivity index (χ4v) is 3.27. The minimum absolute atomic E-state index is 0.0264. The van der Waals surface area contributed by atoms with Gasteiger partial charge in [-0.25, -0.2) is 4.79 Å². The lowest BCUT2D eigenvalue weighted by Crippen LogP contribution is -2.34. The summed E-state index contributed by atoms with van der Waals surface area (Å²) in [6, 6.07) is 9.45. The van der Waals surface area contributed by atoms with Gasteiger partial charge in [0.2, 0.25) is 0 Å². The third kappa shape index (κ3) is 4.19. The number of halogens is 1. The topological polar surface area (TPSA) is 84.3 Å². The van der Waals surface area contributed by atoms with Crippen LogP contribution in [0.2, 0.25) is 0 Å². The van der Waals surface area contributed by atoms with E-state index in [1.165, 1.54) is 16.3 Å². The van der Waals surface area contributed by atoms with E-state index in [4.69, 9.17) is 9.84 Å². The van der Waals surface area contributed by atoms with Gasteiger partial charge in [-0.3, -0.25) is 14.3 Å². The van der Waals surface area contributed by atoms with Crippen LogP contribution in [0.4, 0.5) is 0 Å². The average Bonchev–Trinajstić information content (AvgIpc) is 2.49.